The molecule has 0 radical (unpaired) electrons. The van der Waals surface area contributed by atoms with Crippen molar-refractivity contribution in [1.29, 1.82) is 0 Å². The van der Waals surface area contributed by atoms with Gasteiger partial charge in [-0.1, -0.05) is 18.2 Å². The number of amides is 1. The van der Waals surface area contributed by atoms with Gasteiger partial charge in [-0.3, -0.25) is 19.6 Å². The number of hydrogen-bond acceptors (Lipinski definition) is 7. The summed E-state index contributed by atoms with van der Waals surface area (Å²) < 4.78 is 35.8. The Balaban J connectivity index is 0.000000307. The van der Waals surface area contributed by atoms with Crippen molar-refractivity contribution in [2.75, 3.05) is 38.3 Å². The predicted molar refractivity (Wildman–Crippen MR) is 149 cm³/mol. The van der Waals surface area contributed by atoms with Gasteiger partial charge in [0.05, 0.1) is 18.4 Å². The molecule has 4 aromatic rings. The van der Waals surface area contributed by atoms with Gasteiger partial charge in [-0.15, -0.1) is 0 Å². The molecule has 0 aliphatic carbocycles. The molecule has 0 unspecified atom stereocenters. The minimum Gasteiger partial charge on any atom is -0.387 e. The number of carbonyl (C=O) groups excluding carboxylic acids is 2. The van der Waals surface area contributed by atoms with E-state index >= 15 is 0 Å². The molecule has 0 saturated carbocycles. The number of nitrogens with zero attached hydrogens (tertiary/aromatic N) is 4. The number of aryl methyl sites for hydroxylation is 1. The number of alkyl halides is 3. The minimum absolute atomic E-state index is 0.0303. The number of carbonyl (C=O) groups is 2. The van der Waals surface area contributed by atoms with Gasteiger partial charge in [0.1, 0.15) is 17.8 Å². The normalized spacial score (nSPS) is 10.9. The molecule has 0 spiro atoms. The Morgan fingerprint density at radius 3 is 2.33 bits per heavy atom. The number of aromatic nitrogens is 3. The van der Waals surface area contributed by atoms with Crippen LogP contribution in [0.15, 0.2) is 73.2 Å². The first-order valence-corrected chi connectivity index (χ1v) is 12.1. The molecule has 1 amide bonds. The van der Waals surface area contributed by atoms with Gasteiger partial charge in [-0.2, -0.15) is 13.2 Å². The minimum atomic E-state index is -4.49. The summed E-state index contributed by atoms with van der Waals surface area (Å²) in [4.78, 5) is 35.7. The summed E-state index contributed by atoms with van der Waals surface area (Å²) in [6.07, 6.45) is 0.346. The highest BCUT2D eigenvalue weighted by molar-refractivity contribution is 5.92. The molecule has 0 aliphatic heterocycles. The molecule has 208 valence electrons. The zero-order valence-electron chi connectivity index (χ0n) is 22.5. The standard InChI is InChI=1S/C22H25N5O.C7H4F3NO/c1-15-20(12-19(23-2)13-25-15)18-7-5-6-16(10-18)17-8-9-24-21(11-17)26-22(28)14-27(3)4;8-7(9,10)6-3-5(4-12)1-2-11-6/h5-13,23H,14H2,1-4H3,(H,24,26,28);1-4H. The Labute approximate surface area is 230 Å². The van der Waals surface area contributed by atoms with Gasteiger partial charge in [0.15, 0.2) is 0 Å². The summed E-state index contributed by atoms with van der Waals surface area (Å²) in [6.45, 7) is 2.32. The van der Waals surface area contributed by atoms with Gasteiger partial charge >= 0.3 is 6.18 Å². The summed E-state index contributed by atoms with van der Waals surface area (Å²) >= 11 is 0. The fourth-order valence-corrected chi connectivity index (χ4v) is 3.65. The number of likely N-dealkylation sites (N-methyl/N-ethyl adjacent to an activating group) is 1. The van der Waals surface area contributed by atoms with E-state index in [1.165, 1.54) is 6.07 Å². The number of halogens is 3. The van der Waals surface area contributed by atoms with E-state index in [2.05, 4.69) is 49.9 Å². The van der Waals surface area contributed by atoms with Gasteiger partial charge in [0.25, 0.3) is 0 Å². The Morgan fingerprint density at radius 2 is 1.65 bits per heavy atom. The molecular formula is C29H29F3N6O2. The molecule has 0 aliphatic rings. The van der Waals surface area contributed by atoms with Crippen LogP contribution in [0.3, 0.4) is 0 Å². The molecule has 4 rings (SSSR count). The van der Waals surface area contributed by atoms with Crippen molar-refractivity contribution >= 4 is 23.7 Å². The lowest BCUT2D eigenvalue weighted by molar-refractivity contribution is -0.141. The van der Waals surface area contributed by atoms with E-state index in [-0.39, 0.29) is 11.5 Å². The Bertz CT molecular complexity index is 1470. The number of rotatable bonds is 7. The molecule has 3 heterocycles. The highest BCUT2D eigenvalue weighted by atomic mass is 19.4. The quantitative estimate of drug-likeness (QED) is 0.290. The second-order valence-electron chi connectivity index (χ2n) is 8.99. The van der Waals surface area contributed by atoms with Crippen molar-refractivity contribution in [3.05, 3.63) is 90.1 Å². The van der Waals surface area contributed by atoms with Crippen LogP contribution in [-0.2, 0) is 11.0 Å². The van der Waals surface area contributed by atoms with Gasteiger partial charge < -0.3 is 15.5 Å². The number of hydrogen-bond donors (Lipinski definition) is 2. The lowest BCUT2D eigenvalue weighted by Gasteiger charge is -2.12. The van der Waals surface area contributed by atoms with Crippen LogP contribution in [0.5, 0.6) is 0 Å². The second-order valence-corrected chi connectivity index (χ2v) is 8.99. The average Bonchev–Trinajstić information content (AvgIpc) is 2.93. The molecule has 0 bridgehead atoms. The van der Waals surface area contributed by atoms with Crippen molar-refractivity contribution in [1.82, 2.24) is 19.9 Å². The van der Waals surface area contributed by atoms with Gasteiger partial charge in [-0.05, 0) is 74.1 Å². The van der Waals surface area contributed by atoms with Crippen LogP contribution in [0.1, 0.15) is 21.7 Å². The van der Waals surface area contributed by atoms with Crippen LogP contribution in [0, 0.1) is 6.92 Å². The van der Waals surface area contributed by atoms with Gasteiger partial charge in [-0.25, -0.2) is 4.98 Å². The zero-order valence-corrected chi connectivity index (χ0v) is 22.5. The Morgan fingerprint density at radius 1 is 0.950 bits per heavy atom. The summed E-state index contributed by atoms with van der Waals surface area (Å²) in [7, 11) is 5.60. The molecule has 2 N–H and O–H groups in total. The largest absolute Gasteiger partial charge is 0.433 e. The third-order valence-corrected chi connectivity index (χ3v) is 5.58. The maximum atomic E-state index is 12.0. The summed E-state index contributed by atoms with van der Waals surface area (Å²) in [6, 6.07) is 16.1. The van der Waals surface area contributed by atoms with Crippen LogP contribution in [0.4, 0.5) is 24.7 Å². The topological polar surface area (TPSA) is 100 Å². The number of nitrogens with one attached hydrogen (secondary N) is 2. The van der Waals surface area contributed by atoms with E-state index < -0.39 is 11.9 Å². The number of pyridine rings is 3. The monoisotopic (exact) mass is 550 g/mol. The van der Waals surface area contributed by atoms with Crippen molar-refractivity contribution in [3.8, 4) is 22.3 Å². The van der Waals surface area contributed by atoms with E-state index in [0.29, 0.717) is 24.7 Å². The SMILES string of the molecule is CNc1cnc(C)c(-c2cccc(-c3ccnc(NC(=O)CN(C)C)c3)c2)c1.O=Cc1ccnc(C(F)(F)F)c1. The molecule has 0 saturated heterocycles. The first kappa shape index (κ1) is 29.9. The molecule has 40 heavy (non-hydrogen) atoms. The summed E-state index contributed by atoms with van der Waals surface area (Å²) in [5.74, 6) is 0.457. The fourth-order valence-electron chi connectivity index (χ4n) is 3.65. The first-order valence-electron chi connectivity index (χ1n) is 12.1. The number of benzene rings is 1. The van der Waals surface area contributed by atoms with Gasteiger partial charge in [0.2, 0.25) is 5.91 Å². The lowest BCUT2D eigenvalue weighted by atomic mass is 9.98. The zero-order chi connectivity index (χ0) is 29.3. The van der Waals surface area contributed by atoms with Gasteiger partial charge in [0, 0.05) is 36.3 Å². The van der Waals surface area contributed by atoms with E-state index in [0.717, 1.165) is 39.8 Å². The first-order chi connectivity index (χ1) is 19.0. The number of anilines is 2. The Kier molecular flexibility index (Phi) is 10.0. The molecular weight excluding hydrogens is 521 g/mol. The maximum Gasteiger partial charge on any atom is 0.433 e. The van der Waals surface area contributed by atoms with Crippen LogP contribution < -0.4 is 10.6 Å². The summed E-state index contributed by atoms with van der Waals surface area (Å²) in [5, 5.41) is 5.98. The highest BCUT2D eigenvalue weighted by Gasteiger charge is 2.32. The molecule has 0 fully saturated rings. The third-order valence-electron chi connectivity index (χ3n) is 5.58. The third kappa shape index (κ3) is 8.43. The predicted octanol–water partition coefficient (Wildman–Crippen LogP) is 5.57. The van der Waals surface area contributed by atoms with E-state index in [1.54, 1.807) is 6.20 Å². The van der Waals surface area contributed by atoms with Crippen molar-refractivity contribution in [3.63, 3.8) is 0 Å². The Hall–Kier alpha value is -4.64. The van der Waals surface area contributed by atoms with Crippen LogP contribution >= 0.6 is 0 Å². The van der Waals surface area contributed by atoms with Crippen LogP contribution in [-0.4, -0.2) is 59.7 Å². The number of aldehydes is 1. The fraction of sp³-hybridized carbons (Fsp3) is 0.207. The summed E-state index contributed by atoms with van der Waals surface area (Å²) in [5.41, 5.74) is 5.09. The van der Waals surface area contributed by atoms with Crippen LogP contribution in [0.2, 0.25) is 0 Å². The molecule has 3 aromatic heterocycles. The van der Waals surface area contributed by atoms with E-state index in [1.807, 2.05) is 57.4 Å². The van der Waals surface area contributed by atoms with E-state index in [4.69, 9.17) is 0 Å². The van der Waals surface area contributed by atoms with E-state index in [9.17, 15) is 22.8 Å². The molecule has 11 heteroatoms. The lowest BCUT2D eigenvalue weighted by Crippen LogP contribution is -2.27. The van der Waals surface area contributed by atoms with Crippen LogP contribution in [0.25, 0.3) is 22.3 Å². The second kappa shape index (κ2) is 13.4. The molecule has 0 atom stereocenters. The van der Waals surface area contributed by atoms with Crippen molar-refractivity contribution < 1.29 is 22.8 Å². The smallest absolute Gasteiger partial charge is 0.387 e. The average molecular weight is 551 g/mol. The maximum absolute atomic E-state index is 12.0. The molecule has 1 aromatic carbocycles. The highest BCUT2D eigenvalue weighted by Crippen LogP contribution is 2.30. The molecule has 8 nitrogen and oxygen atoms in total. The van der Waals surface area contributed by atoms with Crippen molar-refractivity contribution in [2.24, 2.45) is 0 Å². The van der Waals surface area contributed by atoms with Crippen molar-refractivity contribution in [2.45, 2.75) is 13.1 Å².